The Morgan fingerprint density at radius 3 is 2.89 bits per heavy atom. The molecule has 0 aliphatic carbocycles. The van der Waals surface area contributed by atoms with E-state index in [0.717, 1.165) is 31.5 Å². The zero-order valence-electron chi connectivity index (χ0n) is 11.9. The second-order valence-corrected chi connectivity index (χ2v) is 5.83. The second-order valence-electron chi connectivity index (χ2n) is 5.83. The summed E-state index contributed by atoms with van der Waals surface area (Å²) >= 11 is 0. The summed E-state index contributed by atoms with van der Waals surface area (Å²) in [6.45, 7) is 10.1. The van der Waals surface area contributed by atoms with Crippen LogP contribution in [-0.2, 0) is 13.0 Å². The molecule has 0 amide bonds. The van der Waals surface area contributed by atoms with Gasteiger partial charge in [0.1, 0.15) is 0 Å². The van der Waals surface area contributed by atoms with E-state index in [1.807, 2.05) is 0 Å². The van der Waals surface area contributed by atoms with Gasteiger partial charge in [-0.1, -0.05) is 39.0 Å². The van der Waals surface area contributed by atoms with Crippen LogP contribution in [-0.4, -0.2) is 13.1 Å². The molecule has 1 aliphatic heterocycles. The third-order valence-electron chi connectivity index (χ3n) is 4.08. The maximum atomic E-state index is 3.59. The molecular formula is C16H26N2. The summed E-state index contributed by atoms with van der Waals surface area (Å²) in [5.41, 5.74) is 4.29. The lowest BCUT2D eigenvalue weighted by molar-refractivity contribution is 0.392. The van der Waals surface area contributed by atoms with Gasteiger partial charge in [0.25, 0.3) is 0 Å². The van der Waals surface area contributed by atoms with Crippen LogP contribution in [0.4, 0.5) is 5.69 Å². The number of hydrogen-bond donors (Lipinski definition) is 2. The van der Waals surface area contributed by atoms with Crippen LogP contribution < -0.4 is 10.6 Å². The van der Waals surface area contributed by atoms with Crippen molar-refractivity contribution < 1.29 is 0 Å². The highest BCUT2D eigenvalue weighted by Crippen LogP contribution is 2.25. The van der Waals surface area contributed by atoms with Crippen molar-refractivity contribution in [3.63, 3.8) is 0 Å². The maximum Gasteiger partial charge on any atom is 0.0418 e. The van der Waals surface area contributed by atoms with Crippen molar-refractivity contribution in [1.29, 1.82) is 0 Å². The van der Waals surface area contributed by atoms with E-state index >= 15 is 0 Å². The molecule has 0 radical (unpaired) electrons. The molecule has 0 saturated carbocycles. The number of benzene rings is 1. The molecule has 2 rings (SSSR count). The van der Waals surface area contributed by atoms with Gasteiger partial charge < -0.3 is 10.6 Å². The monoisotopic (exact) mass is 246 g/mol. The number of nitrogens with one attached hydrogen (secondary N) is 2. The number of hydrogen-bond acceptors (Lipinski definition) is 2. The smallest absolute Gasteiger partial charge is 0.0418 e. The van der Waals surface area contributed by atoms with Crippen molar-refractivity contribution in [2.24, 2.45) is 11.8 Å². The van der Waals surface area contributed by atoms with Gasteiger partial charge >= 0.3 is 0 Å². The summed E-state index contributed by atoms with van der Waals surface area (Å²) in [4.78, 5) is 0. The Bertz CT molecular complexity index is 385. The Balaban J connectivity index is 1.93. The van der Waals surface area contributed by atoms with Gasteiger partial charge in [-0.2, -0.15) is 0 Å². The van der Waals surface area contributed by atoms with Crippen LogP contribution in [0.3, 0.4) is 0 Å². The van der Waals surface area contributed by atoms with E-state index in [1.54, 1.807) is 0 Å². The topological polar surface area (TPSA) is 24.1 Å². The van der Waals surface area contributed by atoms with Crippen molar-refractivity contribution in [3.05, 3.63) is 29.3 Å². The van der Waals surface area contributed by atoms with Crippen LogP contribution in [0.2, 0.25) is 0 Å². The molecule has 0 saturated heterocycles. The van der Waals surface area contributed by atoms with Gasteiger partial charge in [0.15, 0.2) is 0 Å². The molecule has 2 N–H and O–H groups in total. The minimum Gasteiger partial charge on any atom is -0.385 e. The third-order valence-corrected chi connectivity index (χ3v) is 4.08. The average molecular weight is 246 g/mol. The van der Waals surface area contributed by atoms with Gasteiger partial charge in [0.05, 0.1) is 0 Å². The lowest BCUT2D eigenvalue weighted by atomic mass is 9.97. The summed E-state index contributed by atoms with van der Waals surface area (Å²) in [5.74, 6) is 1.48. The third kappa shape index (κ3) is 3.26. The highest BCUT2D eigenvalue weighted by molar-refractivity contribution is 5.59. The fourth-order valence-corrected chi connectivity index (χ4v) is 2.40. The maximum absolute atomic E-state index is 3.59. The molecule has 0 spiro atoms. The Morgan fingerprint density at radius 2 is 2.11 bits per heavy atom. The van der Waals surface area contributed by atoms with E-state index in [-0.39, 0.29) is 0 Å². The first-order valence-electron chi connectivity index (χ1n) is 7.24. The Labute approximate surface area is 111 Å². The largest absolute Gasteiger partial charge is 0.385 e. The molecule has 0 fully saturated rings. The van der Waals surface area contributed by atoms with Crippen LogP contribution in [0, 0.1) is 11.8 Å². The molecular weight excluding hydrogens is 220 g/mol. The minimum absolute atomic E-state index is 0.734. The molecule has 18 heavy (non-hydrogen) atoms. The summed E-state index contributed by atoms with van der Waals surface area (Å²) in [6.07, 6.45) is 2.48. The number of anilines is 1. The van der Waals surface area contributed by atoms with Gasteiger partial charge in [0, 0.05) is 18.8 Å². The van der Waals surface area contributed by atoms with Crippen molar-refractivity contribution in [3.8, 4) is 0 Å². The van der Waals surface area contributed by atoms with Crippen LogP contribution in [0.5, 0.6) is 0 Å². The quantitative estimate of drug-likeness (QED) is 0.832. The summed E-state index contributed by atoms with van der Waals surface area (Å²) < 4.78 is 0. The molecule has 100 valence electrons. The predicted octanol–water partition coefficient (Wildman–Crippen LogP) is 3.43. The molecule has 1 aliphatic rings. The lowest BCUT2D eigenvalue weighted by Crippen LogP contribution is -2.25. The first kappa shape index (κ1) is 13.4. The highest BCUT2D eigenvalue weighted by Gasteiger charge is 2.12. The number of fused-ring (bicyclic) bond motifs is 1. The predicted molar refractivity (Wildman–Crippen MR) is 79.0 cm³/mol. The summed E-state index contributed by atoms with van der Waals surface area (Å²) in [5, 5.41) is 7.15. The van der Waals surface area contributed by atoms with Crippen molar-refractivity contribution in [2.75, 3.05) is 18.4 Å². The molecule has 2 heteroatoms. The van der Waals surface area contributed by atoms with Gasteiger partial charge in [-0.05, 0) is 42.3 Å². The minimum atomic E-state index is 0.734. The second kappa shape index (κ2) is 6.24. The molecule has 1 aromatic carbocycles. The van der Waals surface area contributed by atoms with Crippen LogP contribution >= 0.6 is 0 Å². The highest BCUT2D eigenvalue weighted by atomic mass is 14.9. The van der Waals surface area contributed by atoms with Crippen molar-refractivity contribution in [2.45, 2.75) is 40.2 Å². The van der Waals surface area contributed by atoms with Gasteiger partial charge in [-0.3, -0.25) is 0 Å². The molecule has 1 heterocycles. The van der Waals surface area contributed by atoms with Crippen LogP contribution in [0.15, 0.2) is 18.2 Å². The SMILES string of the molecule is CC(C)C(C)CNCc1cccc2c1NCCC2. The van der Waals surface area contributed by atoms with Crippen LogP contribution in [0.25, 0.3) is 0 Å². The molecule has 1 atom stereocenters. The zero-order chi connectivity index (χ0) is 13.0. The fraction of sp³-hybridized carbons (Fsp3) is 0.625. The summed E-state index contributed by atoms with van der Waals surface area (Å²) in [7, 11) is 0. The average Bonchev–Trinajstić information content (AvgIpc) is 2.38. The normalized spacial score (nSPS) is 16.2. The number of rotatable bonds is 5. The first-order valence-corrected chi connectivity index (χ1v) is 7.24. The molecule has 1 unspecified atom stereocenters. The Kier molecular flexibility index (Phi) is 4.65. The summed E-state index contributed by atoms with van der Waals surface area (Å²) in [6, 6.07) is 6.68. The Hall–Kier alpha value is -1.02. The van der Waals surface area contributed by atoms with Crippen molar-refractivity contribution >= 4 is 5.69 Å². The first-order chi connectivity index (χ1) is 8.68. The van der Waals surface area contributed by atoms with Gasteiger partial charge in [0.2, 0.25) is 0 Å². The fourth-order valence-electron chi connectivity index (χ4n) is 2.40. The number of para-hydroxylation sites is 1. The van der Waals surface area contributed by atoms with E-state index in [1.165, 1.54) is 29.7 Å². The van der Waals surface area contributed by atoms with E-state index in [4.69, 9.17) is 0 Å². The lowest BCUT2D eigenvalue weighted by Gasteiger charge is -2.22. The van der Waals surface area contributed by atoms with Gasteiger partial charge in [-0.25, -0.2) is 0 Å². The molecule has 0 bridgehead atoms. The standard InChI is InChI=1S/C16H26N2/c1-12(2)13(3)10-17-11-15-7-4-6-14-8-5-9-18-16(14)15/h4,6-7,12-13,17-18H,5,8-11H2,1-3H3. The van der Waals surface area contributed by atoms with Crippen molar-refractivity contribution in [1.82, 2.24) is 5.32 Å². The zero-order valence-corrected chi connectivity index (χ0v) is 11.9. The molecule has 2 nitrogen and oxygen atoms in total. The van der Waals surface area contributed by atoms with Crippen LogP contribution in [0.1, 0.15) is 38.3 Å². The molecule has 0 aromatic heterocycles. The molecule has 1 aromatic rings. The van der Waals surface area contributed by atoms with Gasteiger partial charge in [-0.15, -0.1) is 0 Å². The van der Waals surface area contributed by atoms with E-state index in [2.05, 4.69) is 49.6 Å². The van der Waals surface area contributed by atoms with E-state index < -0.39 is 0 Å². The Morgan fingerprint density at radius 1 is 1.28 bits per heavy atom. The van der Waals surface area contributed by atoms with E-state index in [9.17, 15) is 0 Å². The number of aryl methyl sites for hydroxylation is 1. The van der Waals surface area contributed by atoms with E-state index in [0.29, 0.717) is 0 Å².